The third-order valence-electron chi connectivity index (χ3n) is 5.33. The molecule has 0 radical (unpaired) electrons. The molecule has 4 rings (SSSR count). The van der Waals surface area contributed by atoms with E-state index in [1.165, 1.54) is 0 Å². The average Bonchev–Trinajstić information content (AvgIpc) is 2.84. The molecule has 2 unspecified atom stereocenters. The van der Waals surface area contributed by atoms with E-state index in [0.29, 0.717) is 31.7 Å². The number of nitrogens with zero attached hydrogens (tertiary/aromatic N) is 1. The van der Waals surface area contributed by atoms with E-state index in [9.17, 15) is 15.0 Å². The molecule has 0 bridgehead atoms. The quantitative estimate of drug-likeness (QED) is 0.805. The molecule has 0 aromatic heterocycles. The van der Waals surface area contributed by atoms with Gasteiger partial charge in [-0.15, -0.1) is 0 Å². The van der Waals surface area contributed by atoms with Gasteiger partial charge in [-0.1, -0.05) is 30.9 Å². The fraction of sp³-hybridized carbons (Fsp3) is 0.421. The highest BCUT2D eigenvalue weighted by Gasteiger charge is 2.53. The normalized spacial score (nSPS) is 29.2. The average molecular weight is 343 g/mol. The molecule has 6 heteroatoms. The Hall–Kier alpha value is -2.47. The monoisotopic (exact) mass is 343 g/mol. The number of hydrogen-bond acceptors (Lipinski definition) is 5. The third kappa shape index (κ3) is 2.40. The van der Waals surface area contributed by atoms with Gasteiger partial charge in [0.25, 0.3) is 0 Å². The first-order chi connectivity index (χ1) is 12.0. The summed E-state index contributed by atoms with van der Waals surface area (Å²) in [6.07, 6.45) is 5.23. The summed E-state index contributed by atoms with van der Waals surface area (Å²) >= 11 is 0. The van der Waals surface area contributed by atoms with Crippen LogP contribution in [0.3, 0.4) is 0 Å². The van der Waals surface area contributed by atoms with Crippen molar-refractivity contribution in [3.05, 3.63) is 48.1 Å². The Labute approximate surface area is 146 Å². The van der Waals surface area contributed by atoms with Crippen molar-refractivity contribution in [1.82, 2.24) is 4.90 Å². The number of carbonyl (C=O) groups is 1. The van der Waals surface area contributed by atoms with Crippen molar-refractivity contribution in [2.75, 3.05) is 13.2 Å². The molecule has 25 heavy (non-hydrogen) atoms. The topological polar surface area (TPSA) is 79.2 Å². The van der Waals surface area contributed by atoms with Gasteiger partial charge in [0, 0.05) is 25.1 Å². The molecule has 1 aromatic carbocycles. The van der Waals surface area contributed by atoms with E-state index in [2.05, 4.69) is 6.58 Å². The number of ether oxygens (including phenoxy) is 2. The molecule has 2 N–H and O–H groups in total. The number of carbonyl (C=O) groups excluding carboxylic acids is 1. The summed E-state index contributed by atoms with van der Waals surface area (Å²) in [7, 11) is 0. The zero-order chi connectivity index (χ0) is 17.6. The van der Waals surface area contributed by atoms with Crippen LogP contribution in [0, 0.1) is 0 Å². The van der Waals surface area contributed by atoms with E-state index in [1.807, 2.05) is 12.1 Å². The van der Waals surface area contributed by atoms with Crippen LogP contribution < -0.4 is 4.74 Å². The Kier molecular flexibility index (Phi) is 3.72. The molecule has 1 aromatic rings. The Balaban J connectivity index is 1.76. The summed E-state index contributed by atoms with van der Waals surface area (Å²) in [4.78, 5) is 14.0. The van der Waals surface area contributed by atoms with Gasteiger partial charge in [0.15, 0.2) is 11.5 Å². The van der Waals surface area contributed by atoms with E-state index in [-0.39, 0.29) is 24.6 Å². The molecule has 132 valence electrons. The minimum absolute atomic E-state index is 0.0955. The fourth-order valence-corrected chi connectivity index (χ4v) is 4.16. The summed E-state index contributed by atoms with van der Waals surface area (Å²) in [6.45, 7) is 4.64. The summed E-state index contributed by atoms with van der Waals surface area (Å²) < 4.78 is 11.2. The van der Waals surface area contributed by atoms with Crippen molar-refractivity contribution in [3.8, 4) is 11.5 Å². The molecule has 0 saturated carbocycles. The van der Waals surface area contributed by atoms with E-state index < -0.39 is 11.5 Å². The Morgan fingerprint density at radius 3 is 3.16 bits per heavy atom. The number of benzene rings is 1. The summed E-state index contributed by atoms with van der Waals surface area (Å²) in [6, 6.07) is 3.43. The minimum Gasteiger partial charge on any atom is -0.504 e. The van der Waals surface area contributed by atoms with Crippen LogP contribution in [-0.2, 0) is 16.7 Å². The van der Waals surface area contributed by atoms with Gasteiger partial charge in [-0.05, 0) is 18.1 Å². The molecule has 1 aliphatic carbocycles. The number of amides is 1. The molecule has 2 heterocycles. The molecule has 0 fully saturated rings. The molecule has 3 aliphatic rings. The number of phenols is 1. The molecule has 1 amide bonds. The summed E-state index contributed by atoms with van der Waals surface area (Å²) in [5, 5.41) is 20.2. The first-order valence-corrected chi connectivity index (χ1v) is 8.47. The van der Waals surface area contributed by atoms with E-state index in [4.69, 9.17) is 9.47 Å². The van der Waals surface area contributed by atoms with E-state index in [1.54, 1.807) is 23.1 Å². The number of aromatic hydroxyl groups is 1. The lowest BCUT2D eigenvalue weighted by atomic mass is 9.69. The van der Waals surface area contributed by atoms with Gasteiger partial charge in [0.2, 0.25) is 0 Å². The van der Waals surface area contributed by atoms with Crippen molar-refractivity contribution in [1.29, 1.82) is 0 Å². The second-order valence-corrected chi connectivity index (χ2v) is 6.79. The number of aliphatic hydroxyl groups is 1. The van der Waals surface area contributed by atoms with Gasteiger partial charge in [-0.2, -0.15) is 0 Å². The third-order valence-corrected chi connectivity index (χ3v) is 5.33. The molecule has 3 atom stereocenters. The van der Waals surface area contributed by atoms with Gasteiger partial charge in [0.1, 0.15) is 12.7 Å². The standard InChI is InChI=1S/C19H21NO5/c1-2-9-24-18(23)20-8-7-19-6-5-13(21)10-15(19)25-17-14(22)4-3-12(11-20)16(17)19/h2-6,13,15,21-22H,1,7-11H2/t13-,15?,19?/m0/s1. The lowest BCUT2D eigenvalue weighted by molar-refractivity contribution is 0.0767. The summed E-state index contributed by atoms with van der Waals surface area (Å²) in [5.74, 6) is 0.570. The highest BCUT2D eigenvalue weighted by Crippen LogP contribution is 2.55. The van der Waals surface area contributed by atoms with Gasteiger partial charge < -0.3 is 24.6 Å². The first kappa shape index (κ1) is 16.0. The molecule has 0 saturated heterocycles. The SMILES string of the molecule is C=CCOC(=O)N1CCC23C=C[C@H](O)CC2Oc2c(O)ccc(c23)C1. The first-order valence-electron chi connectivity index (χ1n) is 8.47. The largest absolute Gasteiger partial charge is 0.504 e. The zero-order valence-corrected chi connectivity index (χ0v) is 13.9. The van der Waals surface area contributed by atoms with Crippen molar-refractivity contribution < 1.29 is 24.5 Å². The van der Waals surface area contributed by atoms with Crippen LogP contribution in [0.1, 0.15) is 24.0 Å². The van der Waals surface area contributed by atoms with Crippen LogP contribution in [0.4, 0.5) is 4.79 Å². The maximum Gasteiger partial charge on any atom is 0.410 e. The molecule has 2 aliphatic heterocycles. The van der Waals surface area contributed by atoms with Crippen molar-refractivity contribution in [2.24, 2.45) is 0 Å². The van der Waals surface area contributed by atoms with Crippen molar-refractivity contribution in [3.63, 3.8) is 0 Å². The molecule has 1 spiro atoms. The predicted molar refractivity (Wildman–Crippen MR) is 90.5 cm³/mol. The highest BCUT2D eigenvalue weighted by atomic mass is 16.6. The number of phenolic OH excluding ortho intramolecular Hbond substituents is 1. The minimum atomic E-state index is -0.563. The Morgan fingerprint density at radius 1 is 1.52 bits per heavy atom. The van der Waals surface area contributed by atoms with Gasteiger partial charge >= 0.3 is 6.09 Å². The molecule has 6 nitrogen and oxygen atoms in total. The van der Waals surface area contributed by atoms with Crippen LogP contribution >= 0.6 is 0 Å². The number of rotatable bonds is 2. The maximum atomic E-state index is 12.3. The number of aliphatic hydroxyl groups excluding tert-OH is 1. The summed E-state index contributed by atoms with van der Waals surface area (Å²) in [5.41, 5.74) is 1.43. The predicted octanol–water partition coefficient (Wildman–Crippen LogP) is 2.24. The highest BCUT2D eigenvalue weighted by molar-refractivity contribution is 5.69. The van der Waals surface area contributed by atoms with E-state index in [0.717, 1.165) is 11.1 Å². The van der Waals surface area contributed by atoms with E-state index >= 15 is 0 Å². The zero-order valence-electron chi connectivity index (χ0n) is 13.9. The van der Waals surface area contributed by atoms with Crippen LogP contribution in [0.2, 0.25) is 0 Å². The van der Waals surface area contributed by atoms with Crippen LogP contribution in [-0.4, -0.2) is 46.6 Å². The van der Waals surface area contributed by atoms with Crippen molar-refractivity contribution >= 4 is 6.09 Å². The van der Waals surface area contributed by atoms with Crippen LogP contribution in [0.5, 0.6) is 11.5 Å². The lowest BCUT2D eigenvalue weighted by Gasteiger charge is -2.35. The smallest absolute Gasteiger partial charge is 0.410 e. The Morgan fingerprint density at radius 2 is 2.36 bits per heavy atom. The van der Waals surface area contributed by atoms with Gasteiger partial charge in [-0.25, -0.2) is 4.79 Å². The second kappa shape index (κ2) is 5.81. The van der Waals surface area contributed by atoms with Crippen LogP contribution in [0.15, 0.2) is 36.9 Å². The van der Waals surface area contributed by atoms with Crippen molar-refractivity contribution in [2.45, 2.75) is 37.0 Å². The van der Waals surface area contributed by atoms with Crippen LogP contribution in [0.25, 0.3) is 0 Å². The van der Waals surface area contributed by atoms with Gasteiger partial charge in [0.05, 0.1) is 11.5 Å². The van der Waals surface area contributed by atoms with Gasteiger partial charge in [-0.3, -0.25) is 0 Å². The molecular weight excluding hydrogens is 322 g/mol. The Bertz CT molecular complexity index is 758. The maximum absolute atomic E-state index is 12.3. The number of hydrogen-bond donors (Lipinski definition) is 2. The second-order valence-electron chi connectivity index (χ2n) is 6.79. The lowest BCUT2D eigenvalue weighted by Crippen LogP contribution is -2.43. The fourth-order valence-electron chi connectivity index (χ4n) is 4.16. The molecular formula is C19H21NO5.